The summed E-state index contributed by atoms with van der Waals surface area (Å²) in [5, 5.41) is 16.9. The van der Waals surface area contributed by atoms with Gasteiger partial charge < -0.3 is 15.2 Å². The summed E-state index contributed by atoms with van der Waals surface area (Å²) in [4.78, 5) is 4.27. The maximum atomic E-state index is 10.8. The molecule has 0 saturated heterocycles. The molecule has 0 aliphatic carbocycles. The Hall–Kier alpha value is -2.21. The van der Waals surface area contributed by atoms with Crippen molar-refractivity contribution >= 4 is 11.3 Å². The van der Waals surface area contributed by atoms with Crippen molar-refractivity contribution in [3.8, 4) is 5.75 Å². The smallest absolute Gasteiger partial charge is 0.123 e. The molecule has 0 aliphatic rings. The quantitative estimate of drug-likeness (QED) is 0.649. The van der Waals surface area contributed by atoms with Crippen LogP contribution in [0.15, 0.2) is 66.2 Å². The minimum absolute atomic E-state index is 0.115. The highest BCUT2D eigenvalue weighted by Crippen LogP contribution is 2.22. The number of nitrogens with one attached hydrogen (secondary N) is 1. The van der Waals surface area contributed by atoms with Crippen LogP contribution in [0, 0.1) is 0 Å². The second kappa shape index (κ2) is 8.76. The van der Waals surface area contributed by atoms with E-state index in [2.05, 4.69) is 22.4 Å². The van der Waals surface area contributed by atoms with Crippen LogP contribution in [0.4, 0.5) is 0 Å². The van der Waals surface area contributed by atoms with Crippen molar-refractivity contribution in [3.63, 3.8) is 0 Å². The molecule has 0 fully saturated rings. The zero-order valence-electron chi connectivity index (χ0n) is 14.1. The zero-order valence-corrected chi connectivity index (χ0v) is 14.9. The van der Waals surface area contributed by atoms with E-state index in [4.69, 9.17) is 4.74 Å². The van der Waals surface area contributed by atoms with Gasteiger partial charge in [-0.1, -0.05) is 42.5 Å². The Balaban J connectivity index is 1.70. The fourth-order valence-electron chi connectivity index (χ4n) is 2.71. The number of rotatable bonds is 8. The number of benzene rings is 2. The van der Waals surface area contributed by atoms with Crippen LogP contribution in [0.1, 0.15) is 22.2 Å². The second-order valence-electron chi connectivity index (χ2n) is 5.84. The predicted octanol–water partition coefficient (Wildman–Crippen LogP) is 3.59. The summed E-state index contributed by atoms with van der Waals surface area (Å²) < 4.78 is 5.19. The van der Waals surface area contributed by atoms with Crippen LogP contribution >= 0.6 is 11.3 Å². The summed E-state index contributed by atoms with van der Waals surface area (Å²) >= 11 is 1.48. The van der Waals surface area contributed by atoms with Crippen LogP contribution in [0.5, 0.6) is 5.75 Å². The molecule has 3 rings (SSSR count). The van der Waals surface area contributed by atoms with Gasteiger partial charge in [-0.15, -0.1) is 11.3 Å². The monoisotopic (exact) mass is 354 g/mol. The van der Waals surface area contributed by atoms with Crippen molar-refractivity contribution < 1.29 is 9.84 Å². The van der Waals surface area contributed by atoms with Crippen molar-refractivity contribution in [2.45, 2.75) is 25.1 Å². The summed E-state index contributed by atoms with van der Waals surface area (Å²) in [5.41, 5.74) is 2.33. The molecular formula is C20H22N2O2S. The Kier molecular flexibility index (Phi) is 6.17. The number of thiazole rings is 1. The first-order valence-electron chi connectivity index (χ1n) is 8.24. The lowest BCUT2D eigenvalue weighted by molar-refractivity contribution is 0.126. The first-order chi connectivity index (χ1) is 12.3. The molecule has 2 aromatic carbocycles. The molecular weight excluding hydrogens is 332 g/mol. The largest absolute Gasteiger partial charge is 0.497 e. The number of hydrogen-bond acceptors (Lipinski definition) is 5. The van der Waals surface area contributed by atoms with Crippen molar-refractivity contribution in [2.75, 3.05) is 7.11 Å². The van der Waals surface area contributed by atoms with E-state index in [1.54, 1.807) is 13.3 Å². The van der Waals surface area contributed by atoms with E-state index in [-0.39, 0.29) is 6.04 Å². The predicted molar refractivity (Wildman–Crippen MR) is 101 cm³/mol. The zero-order chi connectivity index (χ0) is 17.5. The van der Waals surface area contributed by atoms with Gasteiger partial charge in [-0.05, 0) is 29.7 Å². The summed E-state index contributed by atoms with van der Waals surface area (Å²) in [6.07, 6.45) is 1.82. The maximum Gasteiger partial charge on any atom is 0.123 e. The van der Waals surface area contributed by atoms with E-state index in [1.165, 1.54) is 16.9 Å². The molecule has 4 nitrogen and oxygen atoms in total. The van der Waals surface area contributed by atoms with Crippen LogP contribution in [0.3, 0.4) is 0 Å². The highest BCUT2D eigenvalue weighted by Gasteiger charge is 2.23. The molecule has 0 radical (unpaired) electrons. The van der Waals surface area contributed by atoms with Gasteiger partial charge in [0.15, 0.2) is 0 Å². The van der Waals surface area contributed by atoms with E-state index < -0.39 is 6.10 Å². The van der Waals surface area contributed by atoms with Crippen LogP contribution in [0.25, 0.3) is 0 Å². The number of aliphatic hydroxyl groups excluding tert-OH is 1. The van der Waals surface area contributed by atoms with E-state index in [0.717, 1.165) is 22.7 Å². The molecule has 2 atom stereocenters. The fraction of sp³-hybridized carbons (Fsp3) is 0.250. The molecule has 2 N–H and O–H groups in total. The molecule has 1 heterocycles. The third kappa shape index (κ3) is 4.89. The van der Waals surface area contributed by atoms with Gasteiger partial charge in [0.25, 0.3) is 0 Å². The lowest BCUT2D eigenvalue weighted by Crippen LogP contribution is -2.36. The molecule has 0 aliphatic heterocycles. The normalized spacial score (nSPS) is 13.4. The Morgan fingerprint density at radius 3 is 2.48 bits per heavy atom. The van der Waals surface area contributed by atoms with Gasteiger partial charge in [0.2, 0.25) is 0 Å². The number of aliphatic hydroxyl groups is 1. The van der Waals surface area contributed by atoms with Gasteiger partial charge in [0.1, 0.15) is 16.9 Å². The summed E-state index contributed by atoms with van der Waals surface area (Å²) in [6.45, 7) is 0.671. The van der Waals surface area contributed by atoms with Crippen LogP contribution in [0.2, 0.25) is 0 Å². The molecule has 3 aromatic rings. The third-order valence-electron chi connectivity index (χ3n) is 4.11. The van der Waals surface area contributed by atoms with Crippen molar-refractivity contribution in [1.29, 1.82) is 0 Å². The van der Waals surface area contributed by atoms with Crippen LogP contribution < -0.4 is 10.1 Å². The number of aromatic nitrogens is 1. The number of ether oxygens (including phenoxy) is 1. The van der Waals surface area contributed by atoms with Gasteiger partial charge in [0.05, 0.1) is 7.11 Å². The van der Waals surface area contributed by atoms with E-state index in [0.29, 0.717) is 6.54 Å². The lowest BCUT2D eigenvalue weighted by Gasteiger charge is -2.23. The van der Waals surface area contributed by atoms with Gasteiger partial charge >= 0.3 is 0 Å². The molecule has 0 bridgehead atoms. The summed E-state index contributed by atoms with van der Waals surface area (Å²) in [6, 6.07) is 18.0. The molecule has 0 unspecified atom stereocenters. The fourth-order valence-corrected chi connectivity index (χ4v) is 3.39. The molecule has 0 spiro atoms. The van der Waals surface area contributed by atoms with E-state index >= 15 is 0 Å². The molecule has 5 heteroatoms. The van der Waals surface area contributed by atoms with Gasteiger partial charge in [0, 0.05) is 24.2 Å². The minimum atomic E-state index is -0.640. The number of nitrogens with zero attached hydrogens (tertiary/aromatic N) is 1. The molecule has 0 saturated carbocycles. The van der Waals surface area contributed by atoms with Crippen LogP contribution in [-0.2, 0) is 13.0 Å². The van der Waals surface area contributed by atoms with E-state index in [1.807, 2.05) is 47.8 Å². The summed E-state index contributed by atoms with van der Waals surface area (Å²) in [7, 11) is 1.66. The van der Waals surface area contributed by atoms with Crippen LogP contribution in [-0.4, -0.2) is 23.2 Å². The SMILES string of the molecule is COc1ccc(CN[C@@H](Cc2ccccc2)[C@H](O)c2nccs2)cc1. The van der Waals surface area contributed by atoms with Gasteiger partial charge in [-0.2, -0.15) is 0 Å². The Morgan fingerprint density at radius 1 is 1.08 bits per heavy atom. The first-order valence-corrected chi connectivity index (χ1v) is 9.12. The highest BCUT2D eigenvalue weighted by molar-refractivity contribution is 7.09. The molecule has 0 amide bonds. The van der Waals surface area contributed by atoms with Gasteiger partial charge in [-0.25, -0.2) is 4.98 Å². The van der Waals surface area contributed by atoms with Gasteiger partial charge in [-0.3, -0.25) is 0 Å². The minimum Gasteiger partial charge on any atom is -0.497 e. The van der Waals surface area contributed by atoms with Crippen molar-refractivity contribution in [2.24, 2.45) is 0 Å². The lowest BCUT2D eigenvalue weighted by atomic mass is 10.0. The van der Waals surface area contributed by atoms with E-state index in [9.17, 15) is 5.11 Å². The Labute approximate surface area is 152 Å². The second-order valence-corrected chi connectivity index (χ2v) is 6.77. The summed E-state index contributed by atoms with van der Waals surface area (Å²) in [5.74, 6) is 0.840. The standard InChI is InChI=1S/C20H22N2O2S/c1-24-17-9-7-16(8-10-17)14-22-18(13-15-5-3-2-4-6-15)19(23)20-21-11-12-25-20/h2-12,18-19,22-23H,13-14H2,1H3/t18-,19-/m0/s1. The average molecular weight is 354 g/mol. The molecule has 130 valence electrons. The Bertz CT molecular complexity index is 745. The first kappa shape index (κ1) is 17.6. The number of hydrogen-bond donors (Lipinski definition) is 2. The molecule has 1 aromatic heterocycles. The molecule has 25 heavy (non-hydrogen) atoms. The van der Waals surface area contributed by atoms with Crippen molar-refractivity contribution in [3.05, 3.63) is 82.3 Å². The third-order valence-corrected chi connectivity index (χ3v) is 4.96. The highest BCUT2D eigenvalue weighted by atomic mass is 32.1. The topological polar surface area (TPSA) is 54.4 Å². The number of methoxy groups -OCH3 is 1. The Morgan fingerprint density at radius 2 is 1.84 bits per heavy atom. The van der Waals surface area contributed by atoms with Crippen molar-refractivity contribution in [1.82, 2.24) is 10.3 Å². The average Bonchev–Trinajstić information content (AvgIpc) is 3.20. The maximum absolute atomic E-state index is 10.8.